The van der Waals surface area contributed by atoms with Crippen molar-refractivity contribution in [2.45, 2.75) is 12.5 Å². The Kier molecular flexibility index (Phi) is 6.13. The zero-order chi connectivity index (χ0) is 20.4. The number of nitrogens with zero attached hydrogens (tertiary/aromatic N) is 2. The monoisotopic (exact) mass is 422 g/mol. The molecule has 1 aliphatic heterocycles. The quantitative estimate of drug-likeness (QED) is 0.433. The van der Waals surface area contributed by atoms with Crippen LogP contribution in [0, 0.1) is 0 Å². The summed E-state index contributed by atoms with van der Waals surface area (Å²) in [7, 11) is 3.87. The number of Topliss-reactive ketones (excluding diaryl/α,β-unsaturated/α-hetero) is 1. The van der Waals surface area contributed by atoms with Crippen LogP contribution in [0.5, 0.6) is 0 Å². The van der Waals surface area contributed by atoms with Gasteiger partial charge in [0.05, 0.1) is 21.9 Å². The van der Waals surface area contributed by atoms with Crippen molar-refractivity contribution in [3.63, 3.8) is 0 Å². The molecule has 0 saturated carbocycles. The summed E-state index contributed by atoms with van der Waals surface area (Å²) in [4.78, 5) is 28.9. The second-order valence-electron chi connectivity index (χ2n) is 6.79. The molecule has 3 rings (SSSR count). The average molecular weight is 423 g/mol. The summed E-state index contributed by atoms with van der Waals surface area (Å²) in [6, 6.07) is 7.08. The molecule has 1 saturated heterocycles. The molecule has 2 heterocycles. The number of halogens is 2. The molecule has 1 unspecified atom stereocenters. The summed E-state index contributed by atoms with van der Waals surface area (Å²) in [5.41, 5.74) is 0.278. The van der Waals surface area contributed by atoms with Gasteiger partial charge in [0.1, 0.15) is 17.6 Å². The Hall–Kier alpha value is -2.28. The summed E-state index contributed by atoms with van der Waals surface area (Å²) in [5.74, 6) is -1.32. The van der Waals surface area contributed by atoms with Crippen LogP contribution >= 0.6 is 23.2 Å². The van der Waals surface area contributed by atoms with Crippen LogP contribution in [0.1, 0.15) is 23.8 Å². The molecule has 1 N–H and O–H groups in total. The first-order valence-corrected chi connectivity index (χ1v) is 9.48. The van der Waals surface area contributed by atoms with Gasteiger partial charge in [0.2, 0.25) is 0 Å². The second-order valence-corrected chi connectivity index (χ2v) is 7.61. The third kappa shape index (κ3) is 3.94. The van der Waals surface area contributed by atoms with Gasteiger partial charge in [0.25, 0.3) is 11.7 Å². The van der Waals surface area contributed by atoms with Gasteiger partial charge in [-0.05, 0) is 57.4 Å². The fourth-order valence-corrected chi connectivity index (χ4v) is 3.51. The van der Waals surface area contributed by atoms with E-state index in [-0.39, 0.29) is 16.4 Å². The predicted octanol–water partition coefficient (Wildman–Crippen LogP) is 3.96. The van der Waals surface area contributed by atoms with E-state index in [1.807, 2.05) is 19.0 Å². The molecule has 0 bridgehead atoms. The minimum Gasteiger partial charge on any atom is -0.507 e. The van der Waals surface area contributed by atoms with Crippen molar-refractivity contribution in [3.8, 4) is 0 Å². The predicted molar refractivity (Wildman–Crippen MR) is 107 cm³/mol. The lowest BCUT2D eigenvalue weighted by Crippen LogP contribution is -2.32. The smallest absolute Gasteiger partial charge is 0.295 e. The highest BCUT2D eigenvalue weighted by Gasteiger charge is 2.47. The molecular weight excluding hydrogens is 403 g/mol. The first-order chi connectivity index (χ1) is 13.3. The summed E-state index contributed by atoms with van der Waals surface area (Å²) in [5, 5.41) is 11.4. The lowest BCUT2D eigenvalue weighted by atomic mass is 9.99. The number of likely N-dealkylation sites (tertiary alicyclic amines) is 1. The summed E-state index contributed by atoms with van der Waals surface area (Å²) < 4.78 is 5.48. The largest absolute Gasteiger partial charge is 0.507 e. The van der Waals surface area contributed by atoms with Crippen LogP contribution in [-0.2, 0) is 9.59 Å². The SMILES string of the molecule is CN(C)CCCN1C(=O)C(=O)/C(=C(\O)c2ccc(Cl)c(Cl)c2)C1c1ccco1. The van der Waals surface area contributed by atoms with Crippen molar-refractivity contribution >= 4 is 40.7 Å². The molecule has 1 amide bonds. The molecule has 1 aliphatic rings. The number of aliphatic hydroxyl groups is 1. The normalized spacial score (nSPS) is 19.0. The molecule has 28 heavy (non-hydrogen) atoms. The molecule has 6 nitrogen and oxygen atoms in total. The van der Waals surface area contributed by atoms with Crippen molar-refractivity contribution in [3.05, 3.63) is 63.5 Å². The fraction of sp³-hybridized carbons (Fsp3) is 0.300. The van der Waals surface area contributed by atoms with E-state index in [0.29, 0.717) is 29.3 Å². The molecule has 1 aromatic carbocycles. The van der Waals surface area contributed by atoms with E-state index in [1.165, 1.54) is 23.3 Å². The number of rotatable bonds is 6. The van der Waals surface area contributed by atoms with Gasteiger partial charge in [0.15, 0.2) is 0 Å². The Labute approximate surface area is 172 Å². The Bertz CT molecular complexity index is 922. The molecule has 0 radical (unpaired) electrons. The fourth-order valence-electron chi connectivity index (χ4n) is 3.21. The topological polar surface area (TPSA) is 74.0 Å². The number of hydrogen-bond acceptors (Lipinski definition) is 5. The van der Waals surface area contributed by atoms with Gasteiger partial charge in [-0.2, -0.15) is 0 Å². The van der Waals surface area contributed by atoms with E-state index in [0.717, 1.165) is 6.54 Å². The number of benzene rings is 1. The summed E-state index contributed by atoms with van der Waals surface area (Å²) in [6.45, 7) is 1.10. The van der Waals surface area contributed by atoms with Crippen LogP contribution in [-0.4, -0.2) is 53.8 Å². The number of aliphatic hydroxyl groups excluding tert-OH is 1. The van der Waals surface area contributed by atoms with E-state index >= 15 is 0 Å². The molecule has 8 heteroatoms. The van der Waals surface area contributed by atoms with Gasteiger partial charge in [-0.25, -0.2) is 0 Å². The van der Waals surface area contributed by atoms with Crippen LogP contribution in [0.2, 0.25) is 10.0 Å². The summed E-state index contributed by atoms with van der Waals surface area (Å²) in [6.07, 6.45) is 2.14. The lowest BCUT2D eigenvalue weighted by molar-refractivity contribution is -0.140. The van der Waals surface area contributed by atoms with Crippen molar-refractivity contribution in [2.75, 3.05) is 27.2 Å². The van der Waals surface area contributed by atoms with Crippen molar-refractivity contribution < 1.29 is 19.1 Å². The van der Waals surface area contributed by atoms with E-state index in [9.17, 15) is 14.7 Å². The Morgan fingerprint density at radius 1 is 1.21 bits per heavy atom. The second kappa shape index (κ2) is 8.39. The lowest BCUT2D eigenvalue weighted by Gasteiger charge is -2.24. The van der Waals surface area contributed by atoms with Crippen LogP contribution in [0.3, 0.4) is 0 Å². The van der Waals surface area contributed by atoms with Gasteiger partial charge in [-0.3, -0.25) is 9.59 Å². The Balaban J connectivity index is 2.05. The standard InChI is InChI=1S/C20H20Cl2N2O4/c1-23(2)8-4-9-24-17(15-5-3-10-28-15)16(19(26)20(24)27)18(25)12-6-7-13(21)14(22)11-12/h3,5-7,10-11,17,25H,4,8-9H2,1-2H3/b18-16-. The maximum atomic E-state index is 12.8. The molecule has 1 atom stereocenters. The van der Waals surface area contributed by atoms with Crippen LogP contribution < -0.4 is 0 Å². The third-order valence-electron chi connectivity index (χ3n) is 4.55. The first-order valence-electron chi connectivity index (χ1n) is 8.73. The number of amides is 1. The van der Waals surface area contributed by atoms with Crippen molar-refractivity contribution in [1.82, 2.24) is 9.80 Å². The zero-order valence-corrected chi connectivity index (χ0v) is 17.0. The van der Waals surface area contributed by atoms with Gasteiger partial charge in [-0.15, -0.1) is 0 Å². The van der Waals surface area contributed by atoms with E-state index in [1.54, 1.807) is 18.2 Å². The molecule has 1 fully saturated rings. The van der Waals surface area contributed by atoms with E-state index < -0.39 is 17.7 Å². The number of carbonyl (C=O) groups is 2. The highest BCUT2D eigenvalue weighted by molar-refractivity contribution is 6.46. The molecule has 0 aliphatic carbocycles. The number of hydrogen-bond donors (Lipinski definition) is 1. The van der Waals surface area contributed by atoms with Crippen LogP contribution in [0.25, 0.3) is 5.76 Å². The highest BCUT2D eigenvalue weighted by atomic mass is 35.5. The maximum absolute atomic E-state index is 12.8. The number of carbonyl (C=O) groups excluding carboxylic acids is 2. The van der Waals surface area contributed by atoms with E-state index in [2.05, 4.69) is 0 Å². The van der Waals surface area contributed by atoms with Crippen LogP contribution in [0.4, 0.5) is 0 Å². The minimum atomic E-state index is -0.799. The van der Waals surface area contributed by atoms with Gasteiger partial charge < -0.3 is 19.3 Å². The molecule has 148 valence electrons. The van der Waals surface area contributed by atoms with Crippen LogP contribution in [0.15, 0.2) is 46.6 Å². The average Bonchev–Trinajstić information content (AvgIpc) is 3.25. The van der Waals surface area contributed by atoms with Crippen molar-refractivity contribution in [1.29, 1.82) is 0 Å². The Morgan fingerprint density at radius 3 is 2.57 bits per heavy atom. The minimum absolute atomic E-state index is 0.0248. The van der Waals surface area contributed by atoms with E-state index in [4.69, 9.17) is 27.6 Å². The molecule has 1 aromatic heterocycles. The molecule has 2 aromatic rings. The molecule has 0 spiro atoms. The van der Waals surface area contributed by atoms with Crippen molar-refractivity contribution in [2.24, 2.45) is 0 Å². The number of furan rings is 1. The molecular formula is C20H20Cl2N2O4. The number of ketones is 1. The first kappa shape index (κ1) is 20.5. The third-order valence-corrected chi connectivity index (χ3v) is 5.29. The van der Waals surface area contributed by atoms with Gasteiger partial charge in [0, 0.05) is 12.1 Å². The zero-order valence-electron chi connectivity index (χ0n) is 15.5. The summed E-state index contributed by atoms with van der Waals surface area (Å²) >= 11 is 12.0. The van der Waals surface area contributed by atoms with Gasteiger partial charge in [-0.1, -0.05) is 23.2 Å². The highest BCUT2D eigenvalue weighted by Crippen LogP contribution is 2.40. The maximum Gasteiger partial charge on any atom is 0.295 e. The Morgan fingerprint density at radius 2 is 1.96 bits per heavy atom. The van der Waals surface area contributed by atoms with Gasteiger partial charge >= 0.3 is 0 Å².